The van der Waals surface area contributed by atoms with Crippen LogP contribution in [0.3, 0.4) is 0 Å². The van der Waals surface area contributed by atoms with E-state index in [0.717, 1.165) is 37.1 Å². The molecule has 3 heterocycles. The van der Waals surface area contributed by atoms with Crippen molar-refractivity contribution in [3.63, 3.8) is 0 Å². The van der Waals surface area contributed by atoms with Crippen molar-refractivity contribution in [2.24, 2.45) is 0 Å². The molecule has 0 spiro atoms. The number of carbonyl (C=O) groups is 2. The van der Waals surface area contributed by atoms with Gasteiger partial charge < -0.3 is 14.4 Å². The van der Waals surface area contributed by atoms with Crippen LogP contribution in [0.25, 0.3) is 5.57 Å². The van der Waals surface area contributed by atoms with Crippen molar-refractivity contribution in [2.45, 2.75) is 19.4 Å². The molecule has 2 amide bonds. The SMILES string of the molecule is O=C1C(c2ccccc2)=C(N2CCCC2)C(=O)N1Cc1ccc2c(c1)OCO2. The van der Waals surface area contributed by atoms with E-state index in [4.69, 9.17) is 9.47 Å². The largest absolute Gasteiger partial charge is 0.454 e. The van der Waals surface area contributed by atoms with Gasteiger partial charge in [-0.2, -0.15) is 0 Å². The Labute approximate surface area is 163 Å². The highest BCUT2D eigenvalue weighted by Crippen LogP contribution is 2.36. The topological polar surface area (TPSA) is 59.1 Å². The molecule has 3 aliphatic rings. The minimum absolute atomic E-state index is 0.194. The van der Waals surface area contributed by atoms with Crippen molar-refractivity contribution in [1.82, 2.24) is 9.80 Å². The summed E-state index contributed by atoms with van der Waals surface area (Å²) < 4.78 is 10.8. The fourth-order valence-electron chi connectivity index (χ4n) is 4.03. The second kappa shape index (κ2) is 6.71. The number of hydrogen-bond donors (Lipinski definition) is 0. The molecule has 0 aromatic heterocycles. The molecule has 5 rings (SSSR count). The molecule has 3 aliphatic heterocycles. The molecule has 2 aromatic carbocycles. The van der Waals surface area contributed by atoms with E-state index in [0.29, 0.717) is 22.8 Å². The van der Waals surface area contributed by atoms with Crippen LogP contribution in [-0.2, 0) is 16.1 Å². The molecule has 0 unspecified atom stereocenters. The minimum Gasteiger partial charge on any atom is -0.454 e. The summed E-state index contributed by atoms with van der Waals surface area (Å²) in [5, 5.41) is 0. The number of nitrogens with zero attached hydrogens (tertiary/aromatic N) is 2. The van der Waals surface area contributed by atoms with Crippen LogP contribution >= 0.6 is 0 Å². The number of hydrogen-bond acceptors (Lipinski definition) is 5. The molecule has 0 radical (unpaired) electrons. The molecule has 0 saturated carbocycles. The number of amides is 2. The lowest BCUT2D eigenvalue weighted by Crippen LogP contribution is -2.34. The lowest BCUT2D eigenvalue weighted by atomic mass is 10.0. The van der Waals surface area contributed by atoms with Crippen molar-refractivity contribution in [3.8, 4) is 11.5 Å². The van der Waals surface area contributed by atoms with Gasteiger partial charge in [0.25, 0.3) is 11.8 Å². The molecule has 0 bridgehead atoms. The summed E-state index contributed by atoms with van der Waals surface area (Å²) in [5.74, 6) is 0.871. The predicted octanol–water partition coefficient (Wildman–Crippen LogP) is 2.79. The molecule has 1 saturated heterocycles. The van der Waals surface area contributed by atoms with Crippen LogP contribution < -0.4 is 9.47 Å². The van der Waals surface area contributed by atoms with Gasteiger partial charge >= 0.3 is 0 Å². The van der Waals surface area contributed by atoms with Crippen LogP contribution in [0, 0.1) is 0 Å². The van der Waals surface area contributed by atoms with E-state index >= 15 is 0 Å². The lowest BCUT2D eigenvalue weighted by Gasteiger charge is -2.20. The van der Waals surface area contributed by atoms with E-state index in [1.54, 1.807) is 0 Å². The summed E-state index contributed by atoms with van der Waals surface area (Å²) in [6.45, 7) is 2.02. The third-order valence-electron chi connectivity index (χ3n) is 5.41. The molecule has 142 valence electrons. The van der Waals surface area contributed by atoms with Crippen molar-refractivity contribution in [1.29, 1.82) is 0 Å². The Hall–Kier alpha value is -3.28. The maximum atomic E-state index is 13.3. The molecule has 0 N–H and O–H groups in total. The van der Waals surface area contributed by atoms with E-state index in [9.17, 15) is 9.59 Å². The molecular weight excluding hydrogens is 356 g/mol. The van der Waals surface area contributed by atoms with Crippen LogP contribution in [0.1, 0.15) is 24.0 Å². The number of carbonyl (C=O) groups excluding carboxylic acids is 2. The minimum atomic E-state index is -0.240. The van der Waals surface area contributed by atoms with Gasteiger partial charge in [-0.3, -0.25) is 14.5 Å². The Morgan fingerprint density at radius 3 is 2.39 bits per heavy atom. The third-order valence-corrected chi connectivity index (χ3v) is 5.41. The number of imide groups is 1. The summed E-state index contributed by atoms with van der Waals surface area (Å²) in [4.78, 5) is 30.0. The highest BCUT2D eigenvalue weighted by molar-refractivity contribution is 6.35. The lowest BCUT2D eigenvalue weighted by molar-refractivity contribution is -0.138. The van der Waals surface area contributed by atoms with Crippen molar-refractivity contribution in [2.75, 3.05) is 19.9 Å². The summed E-state index contributed by atoms with van der Waals surface area (Å²) >= 11 is 0. The highest BCUT2D eigenvalue weighted by Gasteiger charge is 2.42. The van der Waals surface area contributed by atoms with Gasteiger partial charge in [0.1, 0.15) is 5.70 Å². The molecule has 0 atom stereocenters. The third kappa shape index (κ3) is 2.72. The van der Waals surface area contributed by atoms with Crippen LogP contribution in [0.5, 0.6) is 11.5 Å². The molecule has 1 fully saturated rings. The predicted molar refractivity (Wildman–Crippen MR) is 102 cm³/mol. The first kappa shape index (κ1) is 16.9. The zero-order valence-corrected chi connectivity index (χ0v) is 15.4. The van der Waals surface area contributed by atoms with E-state index in [1.807, 2.05) is 48.5 Å². The van der Waals surface area contributed by atoms with E-state index in [-0.39, 0.29) is 25.2 Å². The van der Waals surface area contributed by atoms with E-state index < -0.39 is 0 Å². The first-order valence-corrected chi connectivity index (χ1v) is 9.52. The van der Waals surface area contributed by atoms with Gasteiger partial charge in [-0.1, -0.05) is 36.4 Å². The normalized spacial score (nSPS) is 18.6. The maximum absolute atomic E-state index is 13.3. The Bertz CT molecular complexity index is 977. The Balaban J connectivity index is 1.50. The fraction of sp³-hybridized carbons (Fsp3) is 0.273. The quantitative estimate of drug-likeness (QED) is 0.768. The van der Waals surface area contributed by atoms with Gasteiger partial charge in [-0.15, -0.1) is 0 Å². The average molecular weight is 376 g/mol. The number of rotatable bonds is 4. The zero-order chi connectivity index (χ0) is 19.1. The summed E-state index contributed by atoms with van der Waals surface area (Å²) in [6.07, 6.45) is 2.07. The summed E-state index contributed by atoms with van der Waals surface area (Å²) in [7, 11) is 0. The Morgan fingerprint density at radius 2 is 1.61 bits per heavy atom. The fourth-order valence-corrected chi connectivity index (χ4v) is 4.03. The molecule has 28 heavy (non-hydrogen) atoms. The van der Waals surface area contributed by atoms with Crippen molar-refractivity contribution >= 4 is 17.4 Å². The van der Waals surface area contributed by atoms with Gasteiger partial charge in [0.2, 0.25) is 6.79 Å². The van der Waals surface area contributed by atoms with Gasteiger partial charge in [-0.25, -0.2) is 0 Å². The second-order valence-corrected chi connectivity index (χ2v) is 7.17. The highest BCUT2D eigenvalue weighted by atomic mass is 16.7. The van der Waals surface area contributed by atoms with Gasteiger partial charge in [0.05, 0.1) is 12.1 Å². The van der Waals surface area contributed by atoms with Crippen LogP contribution in [0.4, 0.5) is 0 Å². The number of fused-ring (bicyclic) bond motifs is 1. The average Bonchev–Trinajstić information content (AvgIpc) is 3.45. The first-order chi connectivity index (χ1) is 13.7. The molecule has 2 aromatic rings. The van der Waals surface area contributed by atoms with Crippen LogP contribution in [0.15, 0.2) is 54.2 Å². The number of ether oxygens (including phenoxy) is 2. The molecule has 0 aliphatic carbocycles. The Morgan fingerprint density at radius 1 is 0.857 bits per heavy atom. The van der Waals surface area contributed by atoms with Crippen molar-refractivity contribution < 1.29 is 19.1 Å². The summed E-state index contributed by atoms with van der Waals surface area (Å²) in [6, 6.07) is 15.0. The second-order valence-electron chi connectivity index (χ2n) is 7.17. The molecule has 6 heteroatoms. The maximum Gasteiger partial charge on any atom is 0.278 e. The smallest absolute Gasteiger partial charge is 0.278 e. The summed E-state index contributed by atoms with van der Waals surface area (Å²) in [5.41, 5.74) is 2.67. The monoisotopic (exact) mass is 376 g/mol. The van der Waals surface area contributed by atoms with Gasteiger partial charge in [0, 0.05) is 13.1 Å². The van der Waals surface area contributed by atoms with Crippen LogP contribution in [-0.4, -0.2) is 41.5 Å². The van der Waals surface area contributed by atoms with Crippen LogP contribution in [0.2, 0.25) is 0 Å². The standard InChI is InChI=1S/C22H20N2O4/c25-21-19(16-6-2-1-3-7-16)20(23-10-4-5-11-23)22(26)24(21)13-15-8-9-17-18(12-15)28-14-27-17/h1-3,6-9,12H,4-5,10-11,13-14H2. The molecular formula is C22H20N2O4. The van der Waals surface area contributed by atoms with Crippen molar-refractivity contribution in [3.05, 3.63) is 65.4 Å². The van der Waals surface area contributed by atoms with E-state index in [1.165, 1.54) is 4.90 Å². The molecule has 6 nitrogen and oxygen atoms in total. The number of likely N-dealkylation sites (tertiary alicyclic amines) is 1. The van der Waals surface area contributed by atoms with E-state index in [2.05, 4.69) is 4.90 Å². The van der Waals surface area contributed by atoms with Gasteiger partial charge in [-0.05, 0) is 36.1 Å². The Kier molecular flexibility index (Phi) is 4.04. The van der Waals surface area contributed by atoms with Gasteiger partial charge in [0.15, 0.2) is 11.5 Å². The first-order valence-electron chi connectivity index (χ1n) is 9.52. The number of benzene rings is 2. The zero-order valence-electron chi connectivity index (χ0n) is 15.4.